The van der Waals surface area contributed by atoms with Crippen LogP contribution in [0.1, 0.15) is 16.3 Å². The fourth-order valence-corrected chi connectivity index (χ4v) is 2.03. The summed E-state index contributed by atoms with van der Waals surface area (Å²) in [5.74, 6) is -0.0188. The SMILES string of the molecule is COC(=O)c1nc(Br)c2n1CCNC2. The second-order valence-electron chi connectivity index (χ2n) is 2.99. The van der Waals surface area contributed by atoms with Crippen molar-refractivity contribution < 1.29 is 9.53 Å². The monoisotopic (exact) mass is 259 g/mol. The van der Waals surface area contributed by atoms with Gasteiger partial charge in [-0.15, -0.1) is 0 Å². The van der Waals surface area contributed by atoms with Crippen molar-refractivity contribution in [2.24, 2.45) is 0 Å². The summed E-state index contributed by atoms with van der Waals surface area (Å²) in [5, 5.41) is 3.21. The van der Waals surface area contributed by atoms with Crippen molar-refractivity contribution in [1.29, 1.82) is 0 Å². The van der Waals surface area contributed by atoms with E-state index in [4.69, 9.17) is 0 Å². The maximum Gasteiger partial charge on any atom is 0.374 e. The van der Waals surface area contributed by atoms with Crippen LogP contribution in [0, 0.1) is 0 Å². The number of carbonyl (C=O) groups excluding carboxylic acids is 1. The Bertz CT molecular complexity index is 375. The number of ether oxygens (including phenoxy) is 1. The highest BCUT2D eigenvalue weighted by atomic mass is 79.9. The molecule has 6 heteroatoms. The third-order valence-corrected chi connectivity index (χ3v) is 2.83. The van der Waals surface area contributed by atoms with Gasteiger partial charge in [-0.3, -0.25) is 0 Å². The highest BCUT2D eigenvalue weighted by Crippen LogP contribution is 2.20. The molecule has 0 saturated carbocycles. The van der Waals surface area contributed by atoms with Crippen molar-refractivity contribution in [3.05, 3.63) is 16.1 Å². The van der Waals surface area contributed by atoms with Crippen molar-refractivity contribution in [2.45, 2.75) is 13.1 Å². The first kappa shape index (κ1) is 9.67. The lowest BCUT2D eigenvalue weighted by molar-refractivity contribution is 0.0580. The van der Waals surface area contributed by atoms with Crippen LogP contribution in [-0.2, 0) is 17.8 Å². The quantitative estimate of drug-likeness (QED) is 0.748. The van der Waals surface area contributed by atoms with Crippen LogP contribution in [0.3, 0.4) is 0 Å². The zero-order chi connectivity index (χ0) is 10.1. The van der Waals surface area contributed by atoms with Crippen LogP contribution in [-0.4, -0.2) is 29.2 Å². The molecule has 0 atom stereocenters. The van der Waals surface area contributed by atoms with Gasteiger partial charge in [-0.1, -0.05) is 0 Å². The van der Waals surface area contributed by atoms with Crippen LogP contribution in [0.5, 0.6) is 0 Å². The third kappa shape index (κ3) is 1.44. The predicted octanol–water partition coefficient (Wildman–Crippen LogP) is 0.535. The number of halogens is 1. The Labute approximate surface area is 89.6 Å². The molecule has 0 spiro atoms. The van der Waals surface area contributed by atoms with E-state index in [1.54, 1.807) is 0 Å². The zero-order valence-electron chi connectivity index (χ0n) is 7.71. The molecular weight excluding hydrogens is 250 g/mol. The van der Waals surface area contributed by atoms with E-state index < -0.39 is 0 Å². The Morgan fingerprint density at radius 2 is 2.50 bits per heavy atom. The summed E-state index contributed by atoms with van der Waals surface area (Å²) in [4.78, 5) is 15.5. The topological polar surface area (TPSA) is 56.1 Å². The molecule has 2 heterocycles. The fraction of sp³-hybridized carbons (Fsp3) is 0.500. The molecule has 1 aliphatic heterocycles. The van der Waals surface area contributed by atoms with Crippen LogP contribution >= 0.6 is 15.9 Å². The molecule has 0 amide bonds. The standard InChI is InChI=1S/C8H10BrN3O2/c1-14-8(13)7-11-6(9)5-4-10-2-3-12(5)7/h10H,2-4H2,1H3. The van der Waals surface area contributed by atoms with Gasteiger partial charge in [0.05, 0.1) is 12.8 Å². The maximum atomic E-state index is 11.4. The summed E-state index contributed by atoms with van der Waals surface area (Å²) in [6, 6.07) is 0. The van der Waals surface area contributed by atoms with Gasteiger partial charge in [0.2, 0.25) is 5.82 Å². The predicted molar refractivity (Wildman–Crippen MR) is 53.0 cm³/mol. The summed E-state index contributed by atoms with van der Waals surface area (Å²) in [6.45, 7) is 2.32. The van der Waals surface area contributed by atoms with Gasteiger partial charge in [0.15, 0.2) is 0 Å². The molecule has 0 bridgehead atoms. The number of hydrogen-bond donors (Lipinski definition) is 1. The van der Waals surface area contributed by atoms with E-state index in [1.807, 2.05) is 4.57 Å². The highest BCUT2D eigenvalue weighted by Gasteiger charge is 2.22. The van der Waals surface area contributed by atoms with E-state index in [1.165, 1.54) is 7.11 Å². The third-order valence-electron chi connectivity index (χ3n) is 2.20. The molecule has 14 heavy (non-hydrogen) atoms. The number of carbonyl (C=O) groups is 1. The zero-order valence-corrected chi connectivity index (χ0v) is 9.30. The van der Waals surface area contributed by atoms with Crippen molar-refractivity contribution >= 4 is 21.9 Å². The number of nitrogens with one attached hydrogen (secondary N) is 1. The van der Waals surface area contributed by atoms with Crippen LogP contribution in [0.25, 0.3) is 0 Å². The Hall–Kier alpha value is -0.880. The first-order valence-electron chi connectivity index (χ1n) is 4.28. The highest BCUT2D eigenvalue weighted by molar-refractivity contribution is 9.10. The van der Waals surface area contributed by atoms with Gasteiger partial charge >= 0.3 is 5.97 Å². The average Bonchev–Trinajstić information content (AvgIpc) is 2.56. The molecule has 76 valence electrons. The minimum absolute atomic E-state index is 0.371. The van der Waals surface area contributed by atoms with E-state index in [0.717, 1.165) is 25.3 Å². The number of hydrogen-bond acceptors (Lipinski definition) is 4. The van der Waals surface area contributed by atoms with Crippen LogP contribution in [0.4, 0.5) is 0 Å². The first-order valence-corrected chi connectivity index (χ1v) is 5.07. The average molecular weight is 260 g/mol. The van der Waals surface area contributed by atoms with Crippen molar-refractivity contribution in [3.8, 4) is 0 Å². The van der Waals surface area contributed by atoms with E-state index >= 15 is 0 Å². The van der Waals surface area contributed by atoms with Gasteiger partial charge in [-0.25, -0.2) is 9.78 Å². The molecule has 1 N–H and O–H groups in total. The second kappa shape index (κ2) is 3.70. The normalized spacial score (nSPS) is 15.0. The number of esters is 1. The molecule has 1 aromatic rings. The molecular formula is C8H10BrN3O2. The van der Waals surface area contributed by atoms with Gasteiger partial charge in [-0.05, 0) is 15.9 Å². The fourth-order valence-electron chi connectivity index (χ4n) is 1.51. The van der Waals surface area contributed by atoms with Crippen molar-refractivity contribution in [3.63, 3.8) is 0 Å². The molecule has 0 aliphatic carbocycles. The largest absolute Gasteiger partial charge is 0.463 e. The summed E-state index contributed by atoms with van der Waals surface area (Å²) in [7, 11) is 1.36. The minimum atomic E-state index is -0.390. The van der Waals surface area contributed by atoms with Crippen LogP contribution < -0.4 is 5.32 Å². The van der Waals surface area contributed by atoms with Crippen LogP contribution in [0.15, 0.2) is 4.60 Å². The number of imidazole rings is 1. The minimum Gasteiger partial charge on any atom is -0.463 e. The molecule has 5 nitrogen and oxygen atoms in total. The van der Waals surface area contributed by atoms with Gasteiger partial charge in [-0.2, -0.15) is 0 Å². The molecule has 1 aliphatic rings. The lowest BCUT2D eigenvalue weighted by Gasteiger charge is -2.16. The van der Waals surface area contributed by atoms with E-state index in [0.29, 0.717) is 10.4 Å². The number of fused-ring (bicyclic) bond motifs is 1. The van der Waals surface area contributed by atoms with Gasteiger partial charge in [0, 0.05) is 19.6 Å². The molecule has 0 aromatic carbocycles. The molecule has 0 radical (unpaired) electrons. The Kier molecular flexibility index (Phi) is 2.56. The van der Waals surface area contributed by atoms with E-state index in [2.05, 4.69) is 31.0 Å². The van der Waals surface area contributed by atoms with Gasteiger partial charge < -0.3 is 14.6 Å². The molecule has 0 saturated heterocycles. The van der Waals surface area contributed by atoms with Crippen molar-refractivity contribution in [1.82, 2.24) is 14.9 Å². The number of rotatable bonds is 1. The lowest BCUT2D eigenvalue weighted by atomic mass is 10.3. The van der Waals surface area contributed by atoms with E-state index in [-0.39, 0.29) is 5.97 Å². The number of nitrogens with zero attached hydrogens (tertiary/aromatic N) is 2. The molecule has 0 fully saturated rings. The summed E-state index contributed by atoms with van der Waals surface area (Å²) in [6.07, 6.45) is 0. The van der Waals surface area contributed by atoms with Crippen LogP contribution in [0.2, 0.25) is 0 Å². The Balaban J connectivity index is 2.46. The second-order valence-corrected chi connectivity index (χ2v) is 3.74. The van der Waals surface area contributed by atoms with Gasteiger partial charge in [0.1, 0.15) is 4.60 Å². The first-order chi connectivity index (χ1) is 6.74. The lowest BCUT2D eigenvalue weighted by Crippen LogP contribution is -2.29. The Morgan fingerprint density at radius 3 is 3.21 bits per heavy atom. The smallest absolute Gasteiger partial charge is 0.374 e. The summed E-state index contributed by atoms with van der Waals surface area (Å²) < 4.78 is 7.25. The molecule has 2 rings (SSSR count). The Morgan fingerprint density at radius 1 is 1.71 bits per heavy atom. The summed E-state index contributed by atoms with van der Waals surface area (Å²) >= 11 is 3.32. The van der Waals surface area contributed by atoms with E-state index in [9.17, 15) is 4.79 Å². The molecule has 0 unspecified atom stereocenters. The number of aromatic nitrogens is 2. The summed E-state index contributed by atoms with van der Waals surface area (Å²) in [5.41, 5.74) is 0.997. The number of methoxy groups -OCH3 is 1. The van der Waals surface area contributed by atoms with Gasteiger partial charge in [0.25, 0.3) is 0 Å². The molecule has 1 aromatic heterocycles. The maximum absolute atomic E-state index is 11.4. The van der Waals surface area contributed by atoms with Crippen molar-refractivity contribution in [2.75, 3.05) is 13.7 Å².